The van der Waals surface area contributed by atoms with Gasteiger partial charge in [0.2, 0.25) is 0 Å². The van der Waals surface area contributed by atoms with Crippen molar-refractivity contribution in [3.63, 3.8) is 0 Å². The topological polar surface area (TPSA) is 116 Å². The highest BCUT2D eigenvalue weighted by Crippen LogP contribution is 1.93. The third-order valence-electron chi connectivity index (χ3n) is 1.06. The molecule has 7 heteroatoms. The Hall–Kier alpha value is -0.500. The Morgan fingerprint density at radius 2 is 2.09 bits per heavy atom. The number of ether oxygens (including phenoxy) is 1. The smallest absolute Gasteiger partial charge is 0.325 e. The van der Waals surface area contributed by atoms with E-state index in [-0.39, 0.29) is 0 Å². The Labute approximate surface area is 66.2 Å². The highest BCUT2D eigenvalue weighted by atomic mass is 32.2. The molecule has 11 heavy (non-hydrogen) atoms. The van der Waals surface area contributed by atoms with Gasteiger partial charge in [-0.05, 0) is 0 Å². The molecule has 0 bridgehead atoms. The van der Waals surface area contributed by atoms with Crippen molar-refractivity contribution in [1.29, 1.82) is 0 Å². The highest BCUT2D eigenvalue weighted by molar-refractivity contribution is 7.79. The number of esters is 1. The molecule has 3 atom stereocenters. The zero-order valence-electron chi connectivity index (χ0n) is 5.89. The molecular weight excluding hydrogens is 172 g/mol. The maximum Gasteiger partial charge on any atom is 0.325 e. The monoisotopic (exact) mass is 182 g/mol. The summed E-state index contributed by atoms with van der Waals surface area (Å²) in [6, 6.07) is -1.26. The summed E-state index contributed by atoms with van der Waals surface area (Å²) in [7, 11) is 1.12. The Morgan fingerprint density at radius 1 is 1.64 bits per heavy atom. The van der Waals surface area contributed by atoms with Gasteiger partial charge in [-0.25, -0.2) is 4.21 Å². The molecule has 0 aliphatic heterocycles. The van der Waals surface area contributed by atoms with Crippen LogP contribution in [0.2, 0.25) is 0 Å². The lowest BCUT2D eigenvalue weighted by molar-refractivity contribution is -0.142. The van der Waals surface area contributed by atoms with E-state index in [1.165, 1.54) is 0 Å². The minimum atomic E-state index is -2.31. The molecule has 0 rings (SSSR count). The first-order chi connectivity index (χ1) is 5.00. The first kappa shape index (κ1) is 10.5. The molecule has 0 aliphatic carbocycles. The van der Waals surface area contributed by atoms with Crippen molar-refractivity contribution < 1.29 is 18.3 Å². The van der Waals surface area contributed by atoms with E-state index in [4.69, 9.17) is 16.0 Å². The fraction of sp³-hybridized carbons (Fsp3) is 0.750. The van der Waals surface area contributed by atoms with Gasteiger partial charge in [0.25, 0.3) is 0 Å². The number of hydrogen-bond acceptors (Lipinski definition) is 5. The molecule has 0 heterocycles. The molecule has 0 aromatic rings. The largest absolute Gasteiger partial charge is 0.468 e. The minimum absolute atomic E-state index is 0.806. The average molecular weight is 182 g/mol. The summed E-state index contributed by atoms with van der Waals surface area (Å²) in [5, 5.41) is -1.30. The molecule has 0 radical (unpaired) electrons. The van der Waals surface area contributed by atoms with Gasteiger partial charge < -0.3 is 20.8 Å². The third-order valence-corrected chi connectivity index (χ3v) is 1.82. The fourth-order valence-electron chi connectivity index (χ4n) is 0.396. The van der Waals surface area contributed by atoms with Gasteiger partial charge in [-0.2, -0.15) is 0 Å². The molecule has 0 spiro atoms. The molecule has 6 nitrogen and oxygen atoms in total. The Kier molecular flexibility index (Phi) is 4.19. The van der Waals surface area contributed by atoms with Crippen LogP contribution >= 0.6 is 0 Å². The van der Waals surface area contributed by atoms with Gasteiger partial charge in [-0.1, -0.05) is 0 Å². The van der Waals surface area contributed by atoms with Crippen molar-refractivity contribution in [1.82, 2.24) is 0 Å². The van der Waals surface area contributed by atoms with Crippen molar-refractivity contribution in [3.8, 4) is 0 Å². The fourth-order valence-corrected chi connectivity index (χ4v) is 0.758. The van der Waals surface area contributed by atoms with Crippen LogP contribution in [0.5, 0.6) is 0 Å². The van der Waals surface area contributed by atoms with E-state index >= 15 is 0 Å². The highest BCUT2D eigenvalue weighted by Gasteiger charge is 2.26. The Balaban J connectivity index is 4.12. The zero-order valence-corrected chi connectivity index (χ0v) is 6.71. The first-order valence-corrected chi connectivity index (χ1v) is 3.86. The second kappa shape index (κ2) is 4.39. The summed E-state index contributed by atoms with van der Waals surface area (Å²) >= 11 is -2.31. The van der Waals surface area contributed by atoms with E-state index in [9.17, 15) is 9.00 Å². The molecule has 66 valence electrons. The van der Waals surface area contributed by atoms with Crippen LogP contribution in [0.15, 0.2) is 0 Å². The quantitative estimate of drug-likeness (QED) is 0.343. The van der Waals surface area contributed by atoms with Gasteiger partial charge in [0.1, 0.15) is 11.4 Å². The molecule has 0 aromatic carbocycles. The molecule has 3 unspecified atom stereocenters. The van der Waals surface area contributed by atoms with Crippen LogP contribution in [0.25, 0.3) is 0 Å². The molecule has 0 saturated heterocycles. The summed E-state index contributed by atoms with van der Waals surface area (Å²) in [5.41, 5.74) is 10.2. The Morgan fingerprint density at radius 3 is 2.36 bits per heavy atom. The van der Waals surface area contributed by atoms with Crippen molar-refractivity contribution >= 4 is 17.0 Å². The molecule has 0 amide bonds. The van der Waals surface area contributed by atoms with Crippen LogP contribution in [-0.2, 0) is 20.6 Å². The first-order valence-electron chi connectivity index (χ1n) is 2.69. The van der Waals surface area contributed by atoms with E-state index < -0.39 is 28.5 Å². The summed E-state index contributed by atoms with van der Waals surface area (Å²) < 4.78 is 22.8. The number of carbonyl (C=O) groups is 1. The average Bonchev–Trinajstić information content (AvgIpc) is 2.00. The van der Waals surface area contributed by atoms with E-state index in [0.29, 0.717) is 0 Å². The predicted octanol–water partition coefficient (Wildman–Crippen LogP) is -2.01. The summed E-state index contributed by atoms with van der Waals surface area (Å²) in [6.07, 6.45) is 0. The number of hydrogen-bond donors (Lipinski definition) is 3. The lowest BCUT2D eigenvalue weighted by atomic mass is 10.3. The van der Waals surface area contributed by atoms with Gasteiger partial charge >= 0.3 is 5.97 Å². The van der Waals surface area contributed by atoms with Gasteiger partial charge in [0.15, 0.2) is 11.1 Å². The van der Waals surface area contributed by atoms with Crippen LogP contribution in [0.4, 0.5) is 0 Å². The molecule has 0 aromatic heterocycles. The van der Waals surface area contributed by atoms with Crippen molar-refractivity contribution in [2.75, 3.05) is 7.11 Å². The van der Waals surface area contributed by atoms with Gasteiger partial charge in [-0.15, -0.1) is 0 Å². The van der Waals surface area contributed by atoms with E-state index in [0.717, 1.165) is 7.11 Å². The molecular formula is C4H10N2O4S. The molecule has 5 N–H and O–H groups in total. The van der Waals surface area contributed by atoms with Gasteiger partial charge in [-0.3, -0.25) is 4.79 Å². The van der Waals surface area contributed by atoms with Crippen molar-refractivity contribution in [3.05, 3.63) is 0 Å². The van der Waals surface area contributed by atoms with Crippen molar-refractivity contribution in [2.24, 2.45) is 11.5 Å². The van der Waals surface area contributed by atoms with Crippen LogP contribution in [0.3, 0.4) is 0 Å². The Bertz CT molecular complexity index is 173. The van der Waals surface area contributed by atoms with E-state index in [2.05, 4.69) is 4.74 Å². The van der Waals surface area contributed by atoms with E-state index in [1.54, 1.807) is 0 Å². The molecule has 0 saturated carbocycles. The number of methoxy groups -OCH3 is 1. The standard InChI is InChI=1S/C4H10N2O4S/c1-10-4(7)2(5)3(6)11(8)9/h2-3H,5-6H2,1H3,(H,8,9). The number of carbonyl (C=O) groups excluding carboxylic acids is 1. The lowest BCUT2D eigenvalue weighted by Gasteiger charge is -2.12. The van der Waals surface area contributed by atoms with Crippen LogP contribution < -0.4 is 11.5 Å². The van der Waals surface area contributed by atoms with Gasteiger partial charge in [0.05, 0.1) is 7.11 Å². The molecule has 0 fully saturated rings. The SMILES string of the molecule is COC(=O)C(N)C(N)S(=O)O. The lowest BCUT2D eigenvalue weighted by Crippen LogP contribution is -2.49. The molecule has 0 aliphatic rings. The number of nitrogens with two attached hydrogens (primary N) is 2. The van der Waals surface area contributed by atoms with Gasteiger partial charge in [0, 0.05) is 0 Å². The summed E-state index contributed by atoms with van der Waals surface area (Å²) in [4.78, 5) is 10.6. The van der Waals surface area contributed by atoms with Crippen LogP contribution in [-0.4, -0.2) is 33.3 Å². The zero-order chi connectivity index (χ0) is 9.02. The third kappa shape index (κ3) is 2.93. The number of rotatable bonds is 3. The van der Waals surface area contributed by atoms with Crippen LogP contribution in [0, 0.1) is 0 Å². The van der Waals surface area contributed by atoms with Crippen molar-refractivity contribution in [2.45, 2.75) is 11.4 Å². The second-order valence-electron chi connectivity index (χ2n) is 1.79. The maximum atomic E-state index is 10.6. The van der Waals surface area contributed by atoms with Crippen LogP contribution in [0.1, 0.15) is 0 Å². The summed E-state index contributed by atoms with van der Waals surface area (Å²) in [6.45, 7) is 0. The maximum absolute atomic E-state index is 10.6. The summed E-state index contributed by atoms with van der Waals surface area (Å²) in [5.74, 6) is -0.806. The van der Waals surface area contributed by atoms with E-state index in [1.807, 2.05) is 0 Å². The normalized spacial score (nSPS) is 18.5. The second-order valence-corrected chi connectivity index (χ2v) is 2.89. The predicted molar refractivity (Wildman–Crippen MR) is 38.7 cm³/mol. The minimum Gasteiger partial charge on any atom is -0.468 e.